The summed E-state index contributed by atoms with van der Waals surface area (Å²) in [5.41, 5.74) is 0.934. The van der Waals surface area contributed by atoms with Gasteiger partial charge in [-0.1, -0.05) is 12.1 Å². The van der Waals surface area contributed by atoms with Gasteiger partial charge in [0, 0.05) is 39.8 Å². The normalized spacial score (nSPS) is 15.5. The molecular formula is C16H24FN3OS. The molecule has 122 valence electrons. The van der Waals surface area contributed by atoms with Gasteiger partial charge in [0.05, 0.1) is 13.2 Å². The highest BCUT2D eigenvalue weighted by atomic mass is 32.1. The van der Waals surface area contributed by atoms with Crippen molar-refractivity contribution in [2.75, 3.05) is 46.4 Å². The topological polar surface area (TPSA) is 27.7 Å². The Balaban J connectivity index is 1.84. The molecule has 1 N–H and O–H groups in total. The monoisotopic (exact) mass is 325 g/mol. The Morgan fingerprint density at radius 2 is 2.18 bits per heavy atom. The molecule has 6 heteroatoms. The number of thiocarbonyl (C=S) groups is 1. The molecule has 22 heavy (non-hydrogen) atoms. The van der Waals surface area contributed by atoms with Crippen LogP contribution >= 0.6 is 12.2 Å². The van der Waals surface area contributed by atoms with Gasteiger partial charge in [-0.3, -0.25) is 4.90 Å². The van der Waals surface area contributed by atoms with Crippen LogP contribution in [-0.4, -0.2) is 61.4 Å². The summed E-state index contributed by atoms with van der Waals surface area (Å²) in [7, 11) is 1.82. The fraction of sp³-hybridized carbons (Fsp3) is 0.562. The van der Waals surface area contributed by atoms with E-state index in [2.05, 4.69) is 15.1 Å². The third-order valence-corrected chi connectivity index (χ3v) is 4.23. The van der Waals surface area contributed by atoms with Crippen LogP contribution in [0.5, 0.6) is 0 Å². The first-order valence-corrected chi connectivity index (χ1v) is 8.11. The molecule has 2 rings (SSSR count). The van der Waals surface area contributed by atoms with Crippen LogP contribution in [0.4, 0.5) is 4.39 Å². The van der Waals surface area contributed by atoms with Crippen LogP contribution in [0.1, 0.15) is 12.0 Å². The van der Waals surface area contributed by atoms with Gasteiger partial charge in [0.25, 0.3) is 0 Å². The summed E-state index contributed by atoms with van der Waals surface area (Å²) in [6, 6.07) is 6.69. The SMILES string of the molecule is CNC(=S)N(CCCN1CCOCC1)Cc1cccc(F)c1. The molecule has 1 heterocycles. The lowest BCUT2D eigenvalue weighted by molar-refractivity contribution is 0.0367. The smallest absolute Gasteiger partial charge is 0.168 e. The molecule has 1 fully saturated rings. The predicted molar refractivity (Wildman–Crippen MR) is 90.3 cm³/mol. The zero-order valence-electron chi connectivity index (χ0n) is 13.1. The first kappa shape index (κ1) is 17.1. The second-order valence-electron chi connectivity index (χ2n) is 5.41. The standard InChI is InChI=1S/C16H24FN3OS/c1-18-16(22)20(13-14-4-2-5-15(17)12-14)7-3-6-19-8-10-21-11-9-19/h2,4-5,12H,3,6-11,13H2,1H3,(H,18,22). The van der Waals surface area contributed by atoms with Gasteiger partial charge in [-0.25, -0.2) is 4.39 Å². The second-order valence-corrected chi connectivity index (χ2v) is 5.80. The number of rotatable bonds is 6. The van der Waals surface area contributed by atoms with Crippen LogP contribution in [0, 0.1) is 5.82 Å². The van der Waals surface area contributed by atoms with Gasteiger partial charge in [0.2, 0.25) is 0 Å². The van der Waals surface area contributed by atoms with Crippen LogP contribution in [0.3, 0.4) is 0 Å². The molecule has 0 radical (unpaired) electrons. The van der Waals surface area contributed by atoms with Gasteiger partial charge in [-0.2, -0.15) is 0 Å². The molecule has 0 aliphatic carbocycles. The van der Waals surface area contributed by atoms with Crippen LogP contribution in [-0.2, 0) is 11.3 Å². The first-order chi connectivity index (χ1) is 10.7. The lowest BCUT2D eigenvalue weighted by Crippen LogP contribution is -2.41. The number of morpholine rings is 1. The van der Waals surface area contributed by atoms with Crippen LogP contribution in [0.2, 0.25) is 0 Å². The van der Waals surface area contributed by atoms with Crippen molar-refractivity contribution in [1.29, 1.82) is 0 Å². The summed E-state index contributed by atoms with van der Waals surface area (Å²) in [6.45, 7) is 6.16. The summed E-state index contributed by atoms with van der Waals surface area (Å²) >= 11 is 5.37. The Labute approximate surface area is 137 Å². The van der Waals surface area contributed by atoms with Crippen molar-refractivity contribution in [2.24, 2.45) is 0 Å². The summed E-state index contributed by atoms with van der Waals surface area (Å²) < 4.78 is 18.7. The Bertz CT molecular complexity index is 480. The van der Waals surface area contributed by atoms with Gasteiger partial charge in [0.15, 0.2) is 5.11 Å². The Hall–Kier alpha value is -1.24. The molecule has 0 saturated carbocycles. The third-order valence-electron chi connectivity index (χ3n) is 3.77. The van der Waals surface area contributed by atoms with Crippen LogP contribution in [0.25, 0.3) is 0 Å². The van der Waals surface area contributed by atoms with E-state index in [0.717, 1.165) is 51.4 Å². The van der Waals surface area contributed by atoms with Gasteiger partial charge in [0.1, 0.15) is 5.82 Å². The molecule has 0 bridgehead atoms. The van der Waals surface area contributed by atoms with Crippen molar-refractivity contribution >= 4 is 17.3 Å². The highest BCUT2D eigenvalue weighted by Gasteiger charge is 2.13. The Morgan fingerprint density at radius 1 is 1.41 bits per heavy atom. The Morgan fingerprint density at radius 3 is 2.86 bits per heavy atom. The molecule has 4 nitrogen and oxygen atoms in total. The molecule has 1 aliphatic heterocycles. The average Bonchev–Trinajstić information content (AvgIpc) is 2.54. The lowest BCUT2D eigenvalue weighted by Gasteiger charge is -2.29. The molecule has 0 atom stereocenters. The zero-order valence-corrected chi connectivity index (χ0v) is 13.9. The average molecular weight is 325 g/mol. The van der Waals surface area contributed by atoms with Gasteiger partial charge >= 0.3 is 0 Å². The molecular weight excluding hydrogens is 301 g/mol. The molecule has 0 spiro atoms. The first-order valence-electron chi connectivity index (χ1n) is 7.70. The molecule has 0 amide bonds. The van der Waals surface area contributed by atoms with E-state index in [1.165, 1.54) is 6.07 Å². The summed E-state index contributed by atoms with van der Waals surface area (Å²) in [6.07, 6.45) is 1.02. The maximum absolute atomic E-state index is 13.3. The quantitative estimate of drug-likeness (QED) is 0.806. The number of hydrogen-bond donors (Lipinski definition) is 1. The van der Waals surface area contributed by atoms with E-state index >= 15 is 0 Å². The number of hydrogen-bond acceptors (Lipinski definition) is 3. The summed E-state index contributed by atoms with van der Waals surface area (Å²) in [5.74, 6) is -0.207. The summed E-state index contributed by atoms with van der Waals surface area (Å²) in [5, 5.41) is 3.72. The highest BCUT2D eigenvalue weighted by molar-refractivity contribution is 7.80. The number of nitrogens with one attached hydrogen (secondary N) is 1. The van der Waals surface area contributed by atoms with E-state index in [1.807, 2.05) is 13.1 Å². The molecule has 0 aromatic heterocycles. The lowest BCUT2D eigenvalue weighted by atomic mass is 10.2. The van der Waals surface area contributed by atoms with Crippen molar-refractivity contribution in [3.05, 3.63) is 35.6 Å². The van der Waals surface area contributed by atoms with E-state index in [1.54, 1.807) is 12.1 Å². The minimum Gasteiger partial charge on any atom is -0.379 e. The van der Waals surface area contributed by atoms with Crippen molar-refractivity contribution < 1.29 is 9.13 Å². The zero-order chi connectivity index (χ0) is 15.8. The van der Waals surface area contributed by atoms with Crippen LogP contribution in [0.15, 0.2) is 24.3 Å². The number of benzene rings is 1. The van der Waals surface area contributed by atoms with Gasteiger partial charge < -0.3 is 15.0 Å². The minimum atomic E-state index is -0.207. The van der Waals surface area contributed by atoms with Crippen LogP contribution < -0.4 is 5.32 Å². The van der Waals surface area contributed by atoms with E-state index in [0.29, 0.717) is 11.7 Å². The summed E-state index contributed by atoms with van der Waals surface area (Å²) in [4.78, 5) is 4.50. The molecule has 1 aromatic rings. The molecule has 1 aliphatic rings. The predicted octanol–water partition coefficient (Wildman–Crippen LogP) is 1.85. The maximum Gasteiger partial charge on any atom is 0.168 e. The van der Waals surface area contributed by atoms with Crippen molar-refractivity contribution in [3.8, 4) is 0 Å². The number of ether oxygens (including phenoxy) is 1. The van der Waals surface area contributed by atoms with E-state index < -0.39 is 0 Å². The van der Waals surface area contributed by atoms with E-state index in [-0.39, 0.29) is 5.82 Å². The largest absolute Gasteiger partial charge is 0.379 e. The highest BCUT2D eigenvalue weighted by Crippen LogP contribution is 2.09. The minimum absolute atomic E-state index is 0.207. The molecule has 0 unspecified atom stereocenters. The van der Waals surface area contributed by atoms with Gasteiger partial charge in [-0.15, -0.1) is 0 Å². The fourth-order valence-electron chi connectivity index (χ4n) is 2.58. The number of halogens is 1. The molecule has 1 saturated heterocycles. The maximum atomic E-state index is 13.3. The van der Waals surface area contributed by atoms with Gasteiger partial charge in [-0.05, 0) is 36.3 Å². The van der Waals surface area contributed by atoms with E-state index in [4.69, 9.17) is 17.0 Å². The van der Waals surface area contributed by atoms with Crippen molar-refractivity contribution in [2.45, 2.75) is 13.0 Å². The third kappa shape index (κ3) is 5.51. The molecule has 1 aromatic carbocycles. The van der Waals surface area contributed by atoms with Crippen molar-refractivity contribution in [1.82, 2.24) is 15.1 Å². The van der Waals surface area contributed by atoms with E-state index in [9.17, 15) is 4.39 Å². The fourth-order valence-corrected chi connectivity index (χ4v) is 2.73. The number of nitrogens with zero attached hydrogens (tertiary/aromatic N) is 2. The van der Waals surface area contributed by atoms with Crippen molar-refractivity contribution in [3.63, 3.8) is 0 Å². The second kappa shape index (κ2) is 9.02. The Kier molecular flexibility index (Phi) is 7.02.